The zero-order valence-corrected chi connectivity index (χ0v) is 14.7. The summed E-state index contributed by atoms with van der Waals surface area (Å²) >= 11 is 1.48. The average Bonchev–Trinajstić information content (AvgIpc) is 3.16. The van der Waals surface area contributed by atoms with Gasteiger partial charge in [0.2, 0.25) is 0 Å². The van der Waals surface area contributed by atoms with Gasteiger partial charge in [0, 0.05) is 31.7 Å². The number of carbonyl (C=O) groups is 2. The minimum absolute atomic E-state index is 0.103. The van der Waals surface area contributed by atoms with Crippen molar-refractivity contribution in [2.45, 2.75) is 13.3 Å². The third kappa shape index (κ3) is 3.91. The van der Waals surface area contributed by atoms with Crippen molar-refractivity contribution >= 4 is 23.0 Å². The smallest absolute Gasteiger partial charge is 0.264 e. The number of hydrogen-bond donors (Lipinski definition) is 0. The Bertz CT molecular complexity index is 687. The van der Waals surface area contributed by atoms with Crippen LogP contribution in [0, 0.1) is 0 Å². The average molecular weight is 342 g/mol. The van der Waals surface area contributed by atoms with Crippen LogP contribution in [0.3, 0.4) is 0 Å². The summed E-state index contributed by atoms with van der Waals surface area (Å²) in [6.07, 6.45) is 0.981. The Hall–Kier alpha value is -1.98. The molecule has 0 saturated carbocycles. The van der Waals surface area contributed by atoms with Gasteiger partial charge in [-0.15, -0.1) is 11.3 Å². The van der Waals surface area contributed by atoms with E-state index in [9.17, 15) is 9.59 Å². The number of aryl methyl sites for hydroxylation is 1. The van der Waals surface area contributed by atoms with E-state index in [0.29, 0.717) is 19.6 Å². The van der Waals surface area contributed by atoms with Crippen molar-refractivity contribution < 1.29 is 9.59 Å². The molecule has 3 rings (SSSR count). The zero-order valence-electron chi connectivity index (χ0n) is 13.9. The van der Waals surface area contributed by atoms with E-state index >= 15 is 0 Å². The lowest BCUT2D eigenvalue weighted by Crippen LogP contribution is -2.49. The largest absolute Gasteiger partial charge is 0.335 e. The van der Waals surface area contributed by atoms with Gasteiger partial charge in [-0.3, -0.25) is 14.5 Å². The van der Waals surface area contributed by atoms with Gasteiger partial charge in [-0.2, -0.15) is 0 Å². The number of nitrogens with zero attached hydrogens (tertiary/aromatic N) is 2. The summed E-state index contributed by atoms with van der Waals surface area (Å²) in [7, 11) is 0. The standard InChI is InChI=1S/C19H22N2O2S/c1-2-15-5-7-16(8-6-15)17(22)14-20-9-11-21(12-10-20)19(23)18-4-3-13-24-18/h3-8,13H,2,9-12,14H2,1H3. The van der Waals surface area contributed by atoms with Crippen molar-refractivity contribution in [3.8, 4) is 0 Å². The number of hydrogen-bond acceptors (Lipinski definition) is 4. The van der Waals surface area contributed by atoms with E-state index in [2.05, 4.69) is 11.8 Å². The number of amides is 1. The summed E-state index contributed by atoms with van der Waals surface area (Å²) in [6.45, 7) is 5.38. The Labute approximate surface area is 146 Å². The number of thiophene rings is 1. The Morgan fingerprint density at radius 3 is 2.33 bits per heavy atom. The molecule has 1 amide bonds. The predicted octanol–water partition coefficient (Wildman–Crippen LogP) is 2.95. The van der Waals surface area contributed by atoms with E-state index in [-0.39, 0.29) is 11.7 Å². The molecule has 0 unspecified atom stereocenters. The first-order chi connectivity index (χ1) is 11.7. The van der Waals surface area contributed by atoms with Crippen LogP contribution in [0.1, 0.15) is 32.5 Å². The lowest BCUT2D eigenvalue weighted by atomic mass is 10.1. The third-order valence-corrected chi connectivity index (χ3v) is 5.30. The highest BCUT2D eigenvalue weighted by Gasteiger charge is 2.23. The molecule has 1 aromatic heterocycles. The number of carbonyl (C=O) groups excluding carboxylic acids is 2. The van der Waals surface area contributed by atoms with Crippen molar-refractivity contribution in [1.29, 1.82) is 0 Å². The van der Waals surface area contributed by atoms with Gasteiger partial charge in [-0.1, -0.05) is 37.3 Å². The molecule has 5 heteroatoms. The van der Waals surface area contributed by atoms with Gasteiger partial charge in [0.15, 0.2) is 5.78 Å². The van der Waals surface area contributed by atoms with Crippen molar-refractivity contribution in [2.24, 2.45) is 0 Å². The summed E-state index contributed by atoms with van der Waals surface area (Å²) < 4.78 is 0. The van der Waals surface area contributed by atoms with Gasteiger partial charge in [0.05, 0.1) is 11.4 Å². The molecule has 1 aliphatic rings. The minimum atomic E-state index is 0.103. The van der Waals surface area contributed by atoms with Gasteiger partial charge in [0.25, 0.3) is 5.91 Å². The highest BCUT2D eigenvalue weighted by molar-refractivity contribution is 7.12. The number of benzene rings is 1. The molecule has 1 aromatic carbocycles. The van der Waals surface area contributed by atoms with E-state index in [1.807, 2.05) is 46.7 Å². The second kappa shape index (κ2) is 7.73. The molecule has 2 aromatic rings. The summed E-state index contributed by atoms with van der Waals surface area (Å²) in [5.74, 6) is 0.252. The monoisotopic (exact) mass is 342 g/mol. The van der Waals surface area contributed by atoms with Gasteiger partial charge in [-0.25, -0.2) is 0 Å². The quantitative estimate of drug-likeness (QED) is 0.785. The molecule has 0 atom stereocenters. The van der Waals surface area contributed by atoms with Crippen LogP contribution in [-0.4, -0.2) is 54.2 Å². The van der Waals surface area contributed by atoms with E-state index in [1.54, 1.807) is 0 Å². The van der Waals surface area contributed by atoms with E-state index in [4.69, 9.17) is 0 Å². The second-order valence-corrected chi connectivity index (χ2v) is 6.97. The Morgan fingerprint density at radius 2 is 1.75 bits per heavy atom. The van der Waals surface area contributed by atoms with Crippen LogP contribution in [0.15, 0.2) is 41.8 Å². The molecule has 0 aliphatic carbocycles. The van der Waals surface area contributed by atoms with E-state index in [0.717, 1.165) is 30.0 Å². The molecular weight excluding hydrogens is 320 g/mol. The minimum Gasteiger partial charge on any atom is -0.335 e. The van der Waals surface area contributed by atoms with Gasteiger partial charge >= 0.3 is 0 Å². The first kappa shape index (κ1) is 16.9. The van der Waals surface area contributed by atoms with Crippen molar-refractivity contribution in [3.05, 3.63) is 57.8 Å². The van der Waals surface area contributed by atoms with Crippen LogP contribution in [-0.2, 0) is 6.42 Å². The lowest BCUT2D eigenvalue weighted by molar-refractivity contribution is 0.0628. The van der Waals surface area contributed by atoms with Crippen molar-refractivity contribution in [2.75, 3.05) is 32.7 Å². The van der Waals surface area contributed by atoms with Crippen molar-refractivity contribution in [3.63, 3.8) is 0 Å². The van der Waals surface area contributed by atoms with Gasteiger partial charge in [-0.05, 0) is 23.4 Å². The van der Waals surface area contributed by atoms with Crippen LogP contribution >= 0.6 is 11.3 Å². The fraction of sp³-hybridized carbons (Fsp3) is 0.368. The number of Topliss-reactive ketones (excluding diaryl/α,β-unsaturated/α-hetero) is 1. The number of piperazine rings is 1. The van der Waals surface area contributed by atoms with E-state index < -0.39 is 0 Å². The van der Waals surface area contributed by atoms with Crippen molar-refractivity contribution in [1.82, 2.24) is 9.80 Å². The SMILES string of the molecule is CCc1ccc(C(=O)CN2CCN(C(=O)c3cccs3)CC2)cc1. The van der Waals surface area contributed by atoms with Crippen LogP contribution in [0.4, 0.5) is 0 Å². The molecule has 1 saturated heterocycles. The molecule has 2 heterocycles. The molecule has 24 heavy (non-hydrogen) atoms. The first-order valence-electron chi connectivity index (χ1n) is 8.34. The Kier molecular flexibility index (Phi) is 5.43. The molecule has 0 bridgehead atoms. The molecule has 0 radical (unpaired) electrons. The third-order valence-electron chi connectivity index (χ3n) is 4.44. The molecular formula is C19H22N2O2S. The summed E-state index contributed by atoms with van der Waals surface area (Å²) in [5, 5.41) is 1.92. The molecule has 1 fully saturated rings. The van der Waals surface area contributed by atoms with Gasteiger partial charge in [0.1, 0.15) is 0 Å². The highest BCUT2D eigenvalue weighted by Crippen LogP contribution is 2.14. The maximum atomic E-state index is 12.4. The summed E-state index contributed by atoms with van der Waals surface area (Å²) in [6, 6.07) is 11.6. The Morgan fingerprint density at radius 1 is 1.04 bits per heavy atom. The van der Waals surface area contributed by atoms with Crippen LogP contribution in [0.5, 0.6) is 0 Å². The first-order valence-corrected chi connectivity index (χ1v) is 9.22. The highest BCUT2D eigenvalue weighted by atomic mass is 32.1. The maximum Gasteiger partial charge on any atom is 0.264 e. The fourth-order valence-corrected chi connectivity index (χ4v) is 3.58. The fourth-order valence-electron chi connectivity index (χ4n) is 2.89. The Balaban J connectivity index is 1.51. The topological polar surface area (TPSA) is 40.6 Å². The molecule has 126 valence electrons. The molecule has 4 nitrogen and oxygen atoms in total. The zero-order chi connectivity index (χ0) is 16.9. The normalized spacial score (nSPS) is 15.5. The van der Waals surface area contributed by atoms with E-state index in [1.165, 1.54) is 16.9 Å². The molecule has 1 aliphatic heterocycles. The van der Waals surface area contributed by atoms with Crippen LogP contribution < -0.4 is 0 Å². The molecule has 0 N–H and O–H groups in total. The summed E-state index contributed by atoms with van der Waals surface area (Å²) in [4.78, 5) is 29.5. The number of ketones is 1. The summed E-state index contributed by atoms with van der Waals surface area (Å²) in [5.41, 5.74) is 2.01. The van der Waals surface area contributed by atoms with Gasteiger partial charge < -0.3 is 4.90 Å². The lowest BCUT2D eigenvalue weighted by Gasteiger charge is -2.34. The second-order valence-electron chi connectivity index (χ2n) is 6.02. The van der Waals surface area contributed by atoms with Crippen LogP contribution in [0.2, 0.25) is 0 Å². The van der Waals surface area contributed by atoms with Crippen LogP contribution in [0.25, 0.3) is 0 Å². The number of rotatable bonds is 5. The molecule has 0 spiro atoms. The predicted molar refractivity (Wildman–Crippen MR) is 96.8 cm³/mol. The maximum absolute atomic E-state index is 12.4.